The van der Waals surface area contributed by atoms with Crippen molar-refractivity contribution in [2.45, 2.75) is 13.3 Å². The third-order valence-corrected chi connectivity index (χ3v) is 2.85. The lowest BCUT2D eigenvalue weighted by Crippen LogP contribution is -2.31. The van der Waals surface area contributed by atoms with E-state index in [1.54, 1.807) is 7.11 Å². The van der Waals surface area contributed by atoms with Crippen LogP contribution in [0.25, 0.3) is 23.4 Å². The van der Waals surface area contributed by atoms with Gasteiger partial charge in [-0.05, 0) is 30.2 Å². The van der Waals surface area contributed by atoms with Crippen LogP contribution in [0.5, 0.6) is 0 Å². The van der Waals surface area contributed by atoms with E-state index in [9.17, 15) is 0 Å². The first-order valence-corrected chi connectivity index (χ1v) is 5.58. The first-order valence-electron chi connectivity index (χ1n) is 5.58. The van der Waals surface area contributed by atoms with E-state index in [2.05, 4.69) is 30.6 Å². The molecule has 1 heterocycles. The Kier molecular flexibility index (Phi) is 3.00. The van der Waals surface area contributed by atoms with E-state index in [1.165, 1.54) is 5.56 Å². The molecule has 1 aromatic heterocycles. The molecular formula is C14H16N2O. The van der Waals surface area contributed by atoms with Crippen LogP contribution in [0.2, 0.25) is 0 Å². The average Bonchev–Trinajstić information content (AvgIpc) is 2.36. The first kappa shape index (κ1) is 11.5. The standard InChI is InChI=1S/C14H16N2O/c1-4-10-5-6-13-11(7-10)8-12(9(2)16-13)14(15)17-3/h5-8H,2,4,15H2,1,3H3. The van der Waals surface area contributed by atoms with Crippen LogP contribution >= 0.6 is 0 Å². The summed E-state index contributed by atoms with van der Waals surface area (Å²) in [6.45, 7) is 6.02. The lowest BCUT2D eigenvalue weighted by molar-refractivity contribution is 0.356. The fourth-order valence-corrected chi connectivity index (χ4v) is 1.81. The van der Waals surface area contributed by atoms with E-state index >= 15 is 0 Å². The molecule has 88 valence electrons. The molecule has 0 radical (unpaired) electrons. The van der Waals surface area contributed by atoms with E-state index in [0.29, 0.717) is 11.2 Å². The summed E-state index contributed by atoms with van der Waals surface area (Å²) < 4.78 is 5.04. The summed E-state index contributed by atoms with van der Waals surface area (Å²) in [6.07, 6.45) is 1.00. The van der Waals surface area contributed by atoms with Gasteiger partial charge in [0.1, 0.15) is 0 Å². The maximum Gasteiger partial charge on any atom is 0.193 e. The van der Waals surface area contributed by atoms with Crippen LogP contribution in [0, 0.1) is 0 Å². The zero-order chi connectivity index (χ0) is 12.4. The van der Waals surface area contributed by atoms with Gasteiger partial charge in [-0.3, -0.25) is 0 Å². The molecular weight excluding hydrogens is 212 g/mol. The highest BCUT2D eigenvalue weighted by Gasteiger charge is 2.00. The number of hydrogen-bond acceptors (Lipinski definition) is 3. The predicted molar refractivity (Wildman–Crippen MR) is 70.5 cm³/mol. The Morgan fingerprint density at radius 2 is 2.18 bits per heavy atom. The van der Waals surface area contributed by atoms with Crippen LogP contribution in [0.1, 0.15) is 12.5 Å². The Morgan fingerprint density at radius 3 is 2.82 bits per heavy atom. The molecule has 2 N–H and O–H groups in total. The quantitative estimate of drug-likeness (QED) is 0.830. The van der Waals surface area contributed by atoms with Gasteiger partial charge in [-0.25, -0.2) is 4.98 Å². The van der Waals surface area contributed by atoms with Crippen molar-refractivity contribution < 1.29 is 4.74 Å². The summed E-state index contributed by atoms with van der Waals surface area (Å²) in [6, 6.07) is 8.18. The van der Waals surface area contributed by atoms with Crippen molar-refractivity contribution in [3.05, 3.63) is 40.4 Å². The van der Waals surface area contributed by atoms with Gasteiger partial charge < -0.3 is 10.5 Å². The molecule has 0 spiro atoms. The second-order valence-corrected chi connectivity index (χ2v) is 3.93. The Labute approximate surface area is 100 Å². The van der Waals surface area contributed by atoms with Crippen LogP contribution in [0.4, 0.5) is 0 Å². The molecule has 3 nitrogen and oxygen atoms in total. The molecule has 0 atom stereocenters. The number of nitrogens with two attached hydrogens (primary N) is 1. The molecule has 2 rings (SSSR count). The summed E-state index contributed by atoms with van der Waals surface area (Å²) in [5, 5.41) is 2.46. The smallest absolute Gasteiger partial charge is 0.193 e. The number of methoxy groups -OCH3 is 1. The van der Waals surface area contributed by atoms with Gasteiger partial charge in [0.2, 0.25) is 0 Å². The molecule has 0 bridgehead atoms. The van der Waals surface area contributed by atoms with Crippen molar-refractivity contribution in [3.8, 4) is 0 Å². The number of rotatable bonds is 2. The third-order valence-electron chi connectivity index (χ3n) is 2.85. The first-order chi connectivity index (χ1) is 8.15. The van der Waals surface area contributed by atoms with Gasteiger partial charge in [0.15, 0.2) is 5.88 Å². The molecule has 0 aliphatic carbocycles. The number of ether oxygens (including phenoxy) is 1. The van der Waals surface area contributed by atoms with Gasteiger partial charge in [-0.2, -0.15) is 0 Å². The van der Waals surface area contributed by atoms with Crippen LogP contribution < -0.4 is 16.3 Å². The zero-order valence-corrected chi connectivity index (χ0v) is 10.2. The average molecular weight is 228 g/mol. The van der Waals surface area contributed by atoms with Gasteiger partial charge in [0, 0.05) is 5.39 Å². The highest BCUT2D eigenvalue weighted by molar-refractivity contribution is 5.79. The minimum absolute atomic E-state index is 0.353. The van der Waals surface area contributed by atoms with Crippen molar-refractivity contribution in [1.82, 2.24) is 4.98 Å². The molecule has 0 aliphatic rings. The van der Waals surface area contributed by atoms with Crippen molar-refractivity contribution in [3.63, 3.8) is 0 Å². The highest BCUT2D eigenvalue weighted by atomic mass is 16.5. The molecule has 0 fully saturated rings. The molecule has 0 saturated carbocycles. The number of aromatic nitrogens is 1. The molecule has 0 amide bonds. The summed E-state index contributed by atoms with van der Waals surface area (Å²) in [4.78, 5) is 4.43. The number of fused-ring (bicyclic) bond motifs is 1. The van der Waals surface area contributed by atoms with Crippen molar-refractivity contribution in [1.29, 1.82) is 0 Å². The van der Waals surface area contributed by atoms with Crippen LogP contribution in [0.15, 0.2) is 24.3 Å². The van der Waals surface area contributed by atoms with Gasteiger partial charge in [0.25, 0.3) is 0 Å². The molecule has 1 aromatic carbocycles. The third kappa shape index (κ3) is 2.09. The predicted octanol–water partition coefficient (Wildman–Crippen LogP) is 0.878. The Bertz CT molecular complexity index is 662. The topological polar surface area (TPSA) is 48.1 Å². The van der Waals surface area contributed by atoms with Crippen molar-refractivity contribution in [2.75, 3.05) is 7.11 Å². The summed E-state index contributed by atoms with van der Waals surface area (Å²) in [5.74, 6) is 0.353. The van der Waals surface area contributed by atoms with Crippen LogP contribution in [-0.4, -0.2) is 12.1 Å². The largest absolute Gasteiger partial charge is 0.482 e. The van der Waals surface area contributed by atoms with E-state index in [4.69, 9.17) is 10.5 Å². The molecule has 0 aliphatic heterocycles. The molecule has 17 heavy (non-hydrogen) atoms. The van der Waals surface area contributed by atoms with Gasteiger partial charge in [-0.1, -0.05) is 19.6 Å². The molecule has 0 saturated heterocycles. The van der Waals surface area contributed by atoms with E-state index in [-0.39, 0.29) is 0 Å². The number of nitrogens with zero attached hydrogens (tertiary/aromatic N) is 1. The summed E-state index contributed by atoms with van der Waals surface area (Å²) >= 11 is 0. The fourth-order valence-electron chi connectivity index (χ4n) is 1.81. The van der Waals surface area contributed by atoms with Crippen LogP contribution in [0.3, 0.4) is 0 Å². The highest BCUT2D eigenvalue weighted by Crippen LogP contribution is 2.11. The van der Waals surface area contributed by atoms with E-state index < -0.39 is 0 Å². The lowest BCUT2D eigenvalue weighted by atomic mass is 10.1. The zero-order valence-electron chi connectivity index (χ0n) is 10.2. The second-order valence-electron chi connectivity index (χ2n) is 3.93. The Morgan fingerprint density at radius 1 is 1.41 bits per heavy atom. The summed E-state index contributed by atoms with van der Waals surface area (Å²) in [5.41, 5.74) is 7.98. The minimum Gasteiger partial charge on any atom is -0.482 e. The SMILES string of the molecule is C=c1nc2ccc(CC)cc2cc1=C(N)OC. The Balaban J connectivity index is 2.82. The number of aryl methyl sites for hydroxylation is 1. The minimum atomic E-state index is 0.353. The van der Waals surface area contributed by atoms with Crippen LogP contribution in [-0.2, 0) is 11.2 Å². The molecule has 2 aromatic rings. The monoisotopic (exact) mass is 228 g/mol. The van der Waals surface area contributed by atoms with Gasteiger partial charge >= 0.3 is 0 Å². The van der Waals surface area contributed by atoms with Crippen molar-refractivity contribution >= 4 is 23.4 Å². The van der Waals surface area contributed by atoms with Gasteiger partial charge in [0.05, 0.1) is 23.2 Å². The van der Waals surface area contributed by atoms with E-state index in [0.717, 1.165) is 22.5 Å². The maximum atomic E-state index is 5.77. The summed E-state index contributed by atoms with van der Waals surface area (Å²) in [7, 11) is 1.54. The Hall–Kier alpha value is -2.03. The van der Waals surface area contributed by atoms with E-state index in [1.807, 2.05) is 12.1 Å². The number of hydrogen-bond donors (Lipinski definition) is 1. The van der Waals surface area contributed by atoms with Crippen molar-refractivity contribution in [2.24, 2.45) is 5.73 Å². The lowest BCUT2D eigenvalue weighted by Gasteiger charge is -2.03. The fraction of sp³-hybridized carbons (Fsp3) is 0.214. The second kappa shape index (κ2) is 4.45. The number of benzene rings is 1. The van der Waals surface area contributed by atoms with Gasteiger partial charge in [-0.15, -0.1) is 0 Å². The molecule has 3 heteroatoms. The normalized spacial score (nSPS) is 12.6. The maximum absolute atomic E-state index is 5.77. The number of pyridine rings is 1. The molecule has 0 unspecified atom stereocenters.